The molecule has 0 spiro atoms. The smallest absolute Gasteiger partial charge is 0.124 e. The normalized spacial score (nSPS) is 8.58. The van der Waals surface area contributed by atoms with Crippen molar-refractivity contribution in [2.75, 3.05) is 10.9 Å². The predicted molar refractivity (Wildman–Crippen MR) is 131 cm³/mol. The topological polar surface area (TPSA) is 147 Å². The molecule has 0 radical (unpaired) electrons. The number of rotatable bonds is 2. The number of nitrogens with one attached hydrogen (secondary N) is 2. The summed E-state index contributed by atoms with van der Waals surface area (Å²) < 4.78 is 12.3. The molecule has 12 heteroatoms. The zero-order valence-electron chi connectivity index (χ0n) is 16.6. The molecular formula is C21H16Cl4FN7. The first-order valence-corrected chi connectivity index (χ1v) is 9.60. The van der Waals surface area contributed by atoms with Gasteiger partial charge >= 0.3 is 0 Å². The summed E-state index contributed by atoms with van der Waals surface area (Å²) in [5.41, 5.74) is 7.42. The maximum atomic E-state index is 12.3. The first kappa shape index (κ1) is 29.7. The number of nitrogen functional groups attached to an aromatic ring is 2. The fourth-order valence-corrected chi connectivity index (χ4v) is 2.63. The quantitative estimate of drug-likeness (QED) is 0.245. The van der Waals surface area contributed by atoms with Gasteiger partial charge in [-0.25, -0.2) is 4.39 Å². The Balaban J connectivity index is 0.000000459. The number of hydrogen-bond acceptors (Lipinski definition) is 7. The van der Waals surface area contributed by atoms with Crippen LogP contribution in [0.2, 0.25) is 15.1 Å². The van der Waals surface area contributed by atoms with Crippen molar-refractivity contribution >= 4 is 58.6 Å². The standard InChI is InChI=1S/C7H3ClFN.2C7H6ClN3.ClH/c8-7-3-6(9)2-1-5(7)4-10;2*8-7-3-6(11-10)2-1-5(7)4-9;/h1-3H;2*1-3,11H,10H2;1H. The highest BCUT2D eigenvalue weighted by molar-refractivity contribution is 6.32. The van der Waals surface area contributed by atoms with Gasteiger partial charge in [-0.1, -0.05) is 34.8 Å². The van der Waals surface area contributed by atoms with Crippen molar-refractivity contribution in [3.8, 4) is 18.2 Å². The molecule has 33 heavy (non-hydrogen) atoms. The van der Waals surface area contributed by atoms with Crippen molar-refractivity contribution in [3.05, 3.63) is 92.2 Å². The Morgan fingerprint density at radius 3 is 1.24 bits per heavy atom. The van der Waals surface area contributed by atoms with Crippen LogP contribution in [0, 0.1) is 39.8 Å². The Kier molecular flexibility index (Phi) is 14.0. The van der Waals surface area contributed by atoms with E-state index in [-0.39, 0.29) is 17.4 Å². The Bertz CT molecular complexity index is 1140. The van der Waals surface area contributed by atoms with E-state index < -0.39 is 5.82 Å². The molecule has 0 bridgehead atoms. The number of hydrazine groups is 2. The summed E-state index contributed by atoms with van der Waals surface area (Å²) in [6.07, 6.45) is 0. The fraction of sp³-hybridized carbons (Fsp3) is 0. The molecule has 0 aliphatic rings. The molecule has 3 rings (SSSR count). The zero-order chi connectivity index (χ0) is 24.1. The summed E-state index contributed by atoms with van der Waals surface area (Å²) in [6, 6.07) is 19.2. The predicted octanol–water partition coefficient (Wildman–Crippen LogP) is 5.77. The minimum atomic E-state index is -0.427. The molecule has 170 valence electrons. The molecule has 0 fully saturated rings. The van der Waals surface area contributed by atoms with Crippen LogP contribution in [0.1, 0.15) is 16.7 Å². The zero-order valence-corrected chi connectivity index (χ0v) is 19.7. The van der Waals surface area contributed by atoms with Gasteiger partial charge in [-0.3, -0.25) is 11.7 Å². The summed E-state index contributed by atoms with van der Waals surface area (Å²) in [6.45, 7) is 0. The first-order valence-electron chi connectivity index (χ1n) is 8.47. The highest BCUT2D eigenvalue weighted by Gasteiger charge is 2.00. The van der Waals surface area contributed by atoms with Crippen LogP contribution in [0.5, 0.6) is 0 Å². The van der Waals surface area contributed by atoms with Gasteiger partial charge in [-0.15, -0.1) is 12.4 Å². The van der Waals surface area contributed by atoms with Gasteiger partial charge in [-0.05, 0) is 54.6 Å². The minimum Gasteiger partial charge on any atom is -0.324 e. The Morgan fingerprint density at radius 1 is 0.636 bits per heavy atom. The van der Waals surface area contributed by atoms with Gasteiger partial charge in [0.2, 0.25) is 0 Å². The second-order valence-electron chi connectivity index (χ2n) is 5.64. The van der Waals surface area contributed by atoms with Crippen LogP contribution in [-0.4, -0.2) is 0 Å². The van der Waals surface area contributed by atoms with E-state index in [1.165, 1.54) is 12.1 Å². The molecule has 7 nitrogen and oxygen atoms in total. The molecule has 0 heterocycles. The molecule has 0 amide bonds. The fourth-order valence-electron chi connectivity index (χ4n) is 1.97. The van der Waals surface area contributed by atoms with Crippen molar-refractivity contribution in [1.29, 1.82) is 15.8 Å². The monoisotopic (exact) mass is 525 g/mol. The van der Waals surface area contributed by atoms with Crippen LogP contribution in [0.4, 0.5) is 15.8 Å². The van der Waals surface area contributed by atoms with Gasteiger partial charge < -0.3 is 10.9 Å². The van der Waals surface area contributed by atoms with Crippen LogP contribution in [0.3, 0.4) is 0 Å². The second-order valence-corrected chi connectivity index (χ2v) is 6.86. The van der Waals surface area contributed by atoms with Gasteiger partial charge in [0.15, 0.2) is 0 Å². The van der Waals surface area contributed by atoms with Gasteiger partial charge in [0, 0.05) is 0 Å². The number of halogens is 5. The molecule has 0 aromatic heterocycles. The lowest BCUT2D eigenvalue weighted by Crippen LogP contribution is -2.06. The van der Waals surface area contributed by atoms with Gasteiger partial charge in [-0.2, -0.15) is 15.8 Å². The Hall–Kier alpha value is -3.26. The highest BCUT2D eigenvalue weighted by Crippen LogP contribution is 2.20. The molecule has 0 aliphatic carbocycles. The largest absolute Gasteiger partial charge is 0.324 e. The lowest BCUT2D eigenvalue weighted by molar-refractivity contribution is 0.628. The number of nitrogens with two attached hydrogens (primary N) is 2. The van der Waals surface area contributed by atoms with Crippen molar-refractivity contribution in [1.82, 2.24) is 0 Å². The summed E-state index contributed by atoms with van der Waals surface area (Å²) in [4.78, 5) is 0. The molecule has 0 atom stereocenters. The lowest BCUT2D eigenvalue weighted by atomic mass is 10.2. The maximum Gasteiger partial charge on any atom is 0.124 e. The van der Waals surface area contributed by atoms with Crippen LogP contribution < -0.4 is 22.5 Å². The SMILES string of the molecule is Cl.N#Cc1ccc(F)cc1Cl.N#Cc1ccc(NN)cc1Cl.N#Cc1ccc(NN)cc1Cl. The second kappa shape index (κ2) is 15.5. The molecule has 3 aromatic carbocycles. The highest BCUT2D eigenvalue weighted by atomic mass is 35.5. The molecule has 3 aromatic rings. The third-order valence-electron chi connectivity index (χ3n) is 3.56. The average molecular weight is 527 g/mol. The number of hydrogen-bond donors (Lipinski definition) is 4. The number of anilines is 2. The van der Waals surface area contributed by atoms with E-state index in [4.69, 9.17) is 62.3 Å². The van der Waals surface area contributed by atoms with Crippen molar-refractivity contribution in [2.45, 2.75) is 0 Å². The van der Waals surface area contributed by atoms with E-state index in [1.807, 2.05) is 18.2 Å². The van der Waals surface area contributed by atoms with Gasteiger partial charge in [0.1, 0.15) is 24.0 Å². The molecule has 0 unspecified atom stereocenters. The van der Waals surface area contributed by atoms with E-state index in [0.29, 0.717) is 38.1 Å². The van der Waals surface area contributed by atoms with E-state index in [0.717, 1.165) is 6.07 Å². The Morgan fingerprint density at radius 2 is 0.970 bits per heavy atom. The lowest BCUT2D eigenvalue weighted by Gasteiger charge is -1.99. The molecule has 0 saturated carbocycles. The van der Waals surface area contributed by atoms with Crippen molar-refractivity contribution < 1.29 is 4.39 Å². The van der Waals surface area contributed by atoms with Crippen LogP contribution in [-0.2, 0) is 0 Å². The molecule has 0 aliphatic heterocycles. The third-order valence-corrected chi connectivity index (χ3v) is 4.50. The first-order chi connectivity index (χ1) is 15.3. The minimum absolute atomic E-state index is 0. The van der Waals surface area contributed by atoms with E-state index in [1.54, 1.807) is 36.4 Å². The summed E-state index contributed by atoms with van der Waals surface area (Å²) >= 11 is 16.8. The van der Waals surface area contributed by atoms with Gasteiger partial charge in [0.25, 0.3) is 0 Å². The number of nitriles is 3. The van der Waals surface area contributed by atoms with Crippen LogP contribution >= 0.6 is 47.2 Å². The van der Waals surface area contributed by atoms with Crippen LogP contribution in [0.25, 0.3) is 0 Å². The molecule has 6 N–H and O–H groups in total. The van der Waals surface area contributed by atoms with E-state index in [9.17, 15) is 4.39 Å². The van der Waals surface area contributed by atoms with E-state index in [2.05, 4.69) is 10.9 Å². The van der Waals surface area contributed by atoms with E-state index >= 15 is 0 Å². The summed E-state index contributed by atoms with van der Waals surface area (Å²) in [7, 11) is 0. The number of nitrogens with zero attached hydrogens (tertiary/aromatic N) is 3. The summed E-state index contributed by atoms with van der Waals surface area (Å²) in [5, 5.41) is 26.3. The Labute approximate surface area is 211 Å². The average Bonchev–Trinajstić information content (AvgIpc) is 2.79. The van der Waals surface area contributed by atoms with Crippen molar-refractivity contribution in [3.63, 3.8) is 0 Å². The van der Waals surface area contributed by atoms with Crippen molar-refractivity contribution in [2.24, 2.45) is 11.7 Å². The van der Waals surface area contributed by atoms with Crippen LogP contribution in [0.15, 0.2) is 54.6 Å². The molecule has 0 saturated heterocycles. The number of benzene rings is 3. The maximum absolute atomic E-state index is 12.3. The molecular weight excluding hydrogens is 511 g/mol. The third kappa shape index (κ3) is 9.82. The summed E-state index contributed by atoms with van der Waals surface area (Å²) in [5.74, 6) is 9.81. The van der Waals surface area contributed by atoms with Gasteiger partial charge in [0.05, 0.1) is 43.1 Å².